The van der Waals surface area contributed by atoms with Crippen LogP contribution in [-0.2, 0) is 0 Å². The summed E-state index contributed by atoms with van der Waals surface area (Å²) in [6.45, 7) is 8.14. The molecule has 21 heavy (non-hydrogen) atoms. The summed E-state index contributed by atoms with van der Waals surface area (Å²) in [6, 6.07) is 3.79. The van der Waals surface area contributed by atoms with E-state index in [2.05, 4.69) is 36.8 Å². The first-order valence-corrected chi connectivity index (χ1v) is 9.03. The van der Waals surface area contributed by atoms with Crippen LogP contribution in [0.2, 0.25) is 0 Å². The zero-order valence-electron chi connectivity index (χ0n) is 14.2. The van der Waals surface area contributed by atoms with Crippen molar-refractivity contribution in [3.63, 3.8) is 0 Å². The van der Waals surface area contributed by atoms with E-state index in [1.54, 1.807) is 0 Å². The molecule has 2 rings (SSSR count). The van der Waals surface area contributed by atoms with Gasteiger partial charge in [0.05, 0.1) is 12.0 Å². The smallest absolute Gasteiger partial charge is 0.0672 e. The molecule has 3 nitrogen and oxygen atoms in total. The molecule has 0 radical (unpaired) electrons. The molecule has 120 valence electrons. The van der Waals surface area contributed by atoms with E-state index in [1.165, 1.54) is 51.6 Å². The van der Waals surface area contributed by atoms with Crippen molar-refractivity contribution in [2.45, 2.75) is 70.9 Å². The van der Waals surface area contributed by atoms with Gasteiger partial charge in [-0.15, -0.1) is 0 Å². The highest BCUT2D eigenvalue weighted by Gasteiger charge is 2.34. The fraction of sp³-hybridized carbons (Fsp3) is 0.944. The van der Waals surface area contributed by atoms with E-state index in [1.807, 2.05) is 0 Å². The Hall–Kier alpha value is -0.590. The zero-order chi connectivity index (χ0) is 15.2. The van der Waals surface area contributed by atoms with Gasteiger partial charge in [0.15, 0.2) is 0 Å². The van der Waals surface area contributed by atoms with Crippen LogP contribution >= 0.6 is 0 Å². The number of likely N-dealkylation sites (tertiary alicyclic amines) is 1. The maximum absolute atomic E-state index is 9.50. The van der Waals surface area contributed by atoms with E-state index in [9.17, 15) is 5.26 Å². The van der Waals surface area contributed by atoms with E-state index in [4.69, 9.17) is 0 Å². The van der Waals surface area contributed by atoms with Gasteiger partial charge in [0.25, 0.3) is 0 Å². The summed E-state index contributed by atoms with van der Waals surface area (Å²) in [7, 11) is 2.26. The third-order valence-electron chi connectivity index (χ3n) is 5.76. The van der Waals surface area contributed by atoms with E-state index in [0.29, 0.717) is 12.1 Å². The average Bonchev–Trinajstić information content (AvgIpc) is 2.94. The number of hydrogen-bond donors (Lipinski definition) is 0. The molecule has 4 unspecified atom stereocenters. The minimum absolute atomic E-state index is 0.250. The van der Waals surface area contributed by atoms with Gasteiger partial charge in [-0.3, -0.25) is 4.90 Å². The molecule has 0 aromatic carbocycles. The summed E-state index contributed by atoms with van der Waals surface area (Å²) in [5, 5.41) is 9.50. The largest absolute Gasteiger partial charge is 0.301 e. The van der Waals surface area contributed by atoms with Crippen molar-refractivity contribution >= 4 is 0 Å². The molecule has 0 bridgehead atoms. The van der Waals surface area contributed by atoms with Crippen LogP contribution in [0.3, 0.4) is 0 Å². The molecule has 0 spiro atoms. The predicted octanol–water partition coefficient (Wildman–Crippen LogP) is 3.51. The minimum Gasteiger partial charge on any atom is -0.301 e. The first-order valence-electron chi connectivity index (χ1n) is 9.03. The topological polar surface area (TPSA) is 30.3 Å². The molecule has 1 aliphatic carbocycles. The average molecular weight is 291 g/mol. The van der Waals surface area contributed by atoms with Gasteiger partial charge >= 0.3 is 0 Å². The van der Waals surface area contributed by atoms with Crippen molar-refractivity contribution in [2.75, 3.05) is 26.7 Å². The number of rotatable bonds is 6. The lowest BCUT2D eigenvalue weighted by molar-refractivity contribution is 0.0946. The van der Waals surface area contributed by atoms with Gasteiger partial charge in [-0.25, -0.2) is 0 Å². The first kappa shape index (κ1) is 16.8. The summed E-state index contributed by atoms with van der Waals surface area (Å²) < 4.78 is 0. The molecule has 4 atom stereocenters. The summed E-state index contributed by atoms with van der Waals surface area (Å²) in [6.07, 6.45) is 8.91. The van der Waals surface area contributed by atoms with Crippen molar-refractivity contribution in [3.8, 4) is 6.07 Å². The highest BCUT2D eigenvalue weighted by Crippen LogP contribution is 2.34. The lowest BCUT2D eigenvalue weighted by Crippen LogP contribution is -2.47. The second kappa shape index (κ2) is 8.15. The van der Waals surface area contributed by atoms with Gasteiger partial charge in [0.1, 0.15) is 0 Å². The second-order valence-electron chi connectivity index (χ2n) is 7.13. The zero-order valence-corrected chi connectivity index (χ0v) is 14.2. The lowest BCUT2D eigenvalue weighted by atomic mass is 9.76. The standard InChI is InChI=1S/C18H33N3/c1-4-7-15-9-10-16(13-19)18(12-15)20(3)14-17-8-6-11-21(17)5-2/h15-18H,4-12,14H2,1-3H3. The van der Waals surface area contributed by atoms with Crippen LogP contribution in [0.1, 0.15) is 58.8 Å². The number of hydrogen-bond acceptors (Lipinski definition) is 3. The second-order valence-corrected chi connectivity index (χ2v) is 7.13. The molecule has 3 heteroatoms. The van der Waals surface area contributed by atoms with Crippen LogP contribution in [0.5, 0.6) is 0 Å². The number of nitriles is 1. The van der Waals surface area contributed by atoms with Crippen LogP contribution < -0.4 is 0 Å². The highest BCUT2D eigenvalue weighted by molar-refractivity contribution is 4.98. The molecule has 0 aromatic heterocycles. The van der Waals surface area contributed by atoms with Crippen LogP contribution in [0, 0.1) is 23.2 Å². The van der Waals surface area contributed by atoms with Crippen LogP contribution in [0.15, 0.2) is 0 Å². The van der Waals surface area contributed by atoms with Crippen LogP contribution in [-0.4, -0.2) is 48.6 Å². The van der Waals surface area contributed by atoms with E-state index in [0.717, 1.165) is 18.9 Å². The molecule has 2 aliphatic rings. The summed E-state index contributed by atoms with van der Waals surface area (Å²) in [5.74, 6) is 1.09. The Kier molecular flexibility index (Phi) is 6.51. The number of likely N-dealkylation sites (N-methyl/N-ethyl adjacent to an activating group) is 2. The molecule has 2 fully saturated rings. The van der Waals surface area contributed by atoms with E-state index in [-0.39, 0.29) is 5.92 Å². The molecule has 1 saturated carbocycles. The van der Waals surface area contributed by atoms with Crippen molar-refractivity contribution < 1.29 is 0 Å². The Morgan fingerprint density at radius 3 is 2.71 bits per heavy atom. The maximum Gasteiger partial charge on any atom is 0.0672 e. The fourth-order valence-electron chi connectivity index (χ4n) is 4.53. The molecule has 0 N–H and O–H groups in total. The fourth-order valence-corrected chi connectivity index (χ4v) is 4.53. The Bertz CT molecular complexity index is 349. The Morgan fingerprint density at radius 2 is 2.05 bits per heavy atom. The van der Waals surface area contributed by atoms with Gasteiger partial charge in [0.2, 0.25) is 0 Å². The van der Waals surface area contributed by atoms with Crippen molar-refractivity contribution in [2.24, 2.45) is 11.8 Å². The summed E-state index contributed by atoms with van der Waals surface area (Å²) in [4.78, 5) is 5.14. The monoisotopic (exact) mass is 291 g/mol. The number of nitrogens with zero attached hydrogens (tertiary/aromatic N) is 3. The third kappa shape index (κ3) is 4.20. The Morgan fingerprint density at radius 1 is 1.24 bits per heavy atom. The summed E-state index contributed by atoms with van der Waals surface area (Å²) in [5.41, 5.74) is 0. The molecule has 1 saturated heterocycles. The SMILES string of the molecule is CCCC1CCC(C#N)C(N(C)CC2CCCN2CC)C1. The van der Waals surface area contributed by atoms with Gasteiger partial charge in [-0.05, 0) is 58.2 Å². The predicted molar refractivity (Wildman–Crippen MR) is 88.0 cm³/mol. The summed E-state index contributed by atoms with van der Waals surface area (Å²) >= 11 is 0. The highest BCUT2D eigenvalue weighted by atomic mass is 15.2. The van der Waals surface area contributed by atoms with Crippen molar-refractivity contribution in [1.29, 1.82) is 5.26 Å². The van der Waals surface area contributed by atoms with Crippen molar-refractivity contribution in [3.05, 3.63) is 0 Å². The molecule has 0 aromatic rings. The van der Waals surface area contributed by atoms with Gasteiger partial charge < -0.3 is 4.90 Å². The van der Waals surface area contributed by atoms with E-state index < -0.39 is 0 Å². The molecular weight excluding hydrogens is 258 g/mol. The van der Waals surface area contributed by atoms with Crippen molar-refractivity contribution in [1.82, 2.24) is 9.80 Å². The van der Waals surface area contributed by atoms with Crippen LogP contribution in [0.4, 0.5) is 0 Å². The maximum atomic E-state index is 9.50. The third-order valence-corrected chi connectivity index (χ3v) is 5.76. The Labute approximate surface area is 131 Å². The molecular formula is C18H33N3. The molecule has 1 aliphatic heterocycles. The lowest BCUT2D eigenvalue weighted by Gasteiger charge is -2.40. The quantitative estimate of drug-likeness (QED) is 0.750. The minimum atomic E-state index is 0.250. The van der Waals surface area contributed by atoms with Gasteiger partial charge in [-0.2, -0.15) is 5.26 Å². The van der Waals surface area contributed by atoms with E-state index >= 15 is 0 Å². The molecule has 0 amide bonds. The Balaban J connectivity index is 1.94. The van der Waals surface area contributed by atoms with Gasteiger partial charge in [-0.1, -0.05) is 26.7 Å². The first-order chi connectivity index (χ1) is 10.2. The van der Waals surface area contributed by atoms with Gasteiger partial charge in [0, 0.05) is 18.6 Å². The molecule has 1 heterocycles. The van der Waals surface area contributed by atoms with Crippen LogP contribution in [0.25, 0.3) is 0 Å². The normalized spacial score (nSPS) is 34.2.